The van der Waals surface area contributed by atoms with Crippen LogP contribution >= 0.6 is 0 Å². The van der Waals surface area contributed by atoms with Crippen molar-refractivity contribution in [1.29, 1.82) is 0 Å². The second-order valence-corrected chi connectivity index (χ2v) is 9.02. The summed E-state index contributed by atoms with van der Waals surface area (Å²) in [7, 11) is 2.56. The summed E-state index contributed by atoms with van der Waals surface area (Å²) in [6.45, 7) is -2.81. The number of methoxy groups -OCH3 is 2. The fraction of sp³-hybridized carbons (Fsp3) is 0.696. The maximum Gasteiger partial charge on any atom is 0.338 e. The summed E-state index contributed by atoms with van der Waals surface area (Å²) in [5.74, 6) is -1.30. The van der Waals surface area contributed by atoms with Gasteiger partial charge in [-0.15, -0.1) is 0 Å². The summed E-state index contributed by atoms with van der Waals surface area (Å²) in [6.07, 6.45) is -11.7. The Hall–Kier alpha value is -2.31. The van der Waals surface area contributed by atoms with E-state index in [9.17, 15) is 45.6 Å². The largest absolute Gasteiger partial charge is 0.502 e. The number of hydrogen-bond acceptors (Lipinski definition) is 15. The van der Waals surface area contributed by atoms with Crippen LogP contribution in [-0.2, 0) is 18.9 Å². The van der Waals surface area contributed by atoms with Crippen LogP contribution in [0.5, 0.6) is 17.2 Å². The highest BCUT2D eigenvalue weighted by Gasteiger charge is 2.54. The molecule has 15 nitrogen and oxygen atoms in total. The Labute approximate surface area is 217 Å². The van der Waals surface area contributed by atoms with E-state index in [0.29, 0.717) is 0 Å². The van der Waals surface area contributed by atoms with Crippen molar-refractivity contribution in [3.05, 3.63) is 17.7 Å². The van der Waals surface area contributed by atoms with Gasteiger partial charge in [0.05, 0.1) is 46.2 Å². The van der Waals surface area contributed by atoms with Crippen LogP contribution in [0.1, 0.15) is 10.4 Å². The molecule has 0 aliphatic carbocycles. The Kier molecular flexibility index (Phi) is 10.1. The van der Waals surface area contributed by atoms with Crippen LogP contribution in [0.3, 0.4) is 0 Å². The predicted octanol–water partition coefficient (Wildman–Crippen LogP) is -3.72. The van der Waals surface area contributed by atoms with E-state index in [0.717, 1.165) is 0 Å². The first-order chi connectivity index (χ1) is 18.0. The third kappa shape index (κ3) is 5.96. The summed E-state index contributed by atoms with van der Waals surface area (Å²) < 4.78 is 31.6. The molecule has 8 N–H and O–H groups in total. The summed E-state index contributed by atoms with van der Waals surface area (Å²) in [5, 5.41) is 80.2. The maximum absolute atomic E-state index is 12.6. The van der Waals surface area contributed by atoms with Crippen molar-refractivity contribution in [1.82, 2.24) is 0 Å². The first-order valence-electron chi connectivity index (χ1n) is 11.7. The highest BCUT2D eigenvalue weighted by atomic mass is 16.6. The molecule has 1 aromatic carbocycles. The molecule has 0 unspecified atom stereocenters. The van der Waals surface area contributed by atoms with Gasteiger partial charge in [0.25, 0.3) is 0 Å². The van der Waals surface area contributed by atoms with Crippen LogP contribution in [-0.4, -0.2) is 149 Å². The van der Waals surface area contributed by atoms with E-state index in [2.05, 4.69) is 0 Å². The summed E-state index contributed by atoms with van der Waals surface area (Å²) >= 11 is 0. The molecule has 0 aromatic heterocycles. The van der Waals surface area contributed by atoms with Crippen molar-refractivity contribution in [3.63, 3.8) is 0 Å². The summed E-state index contributed by atoms with van der Waals surface area (Å²) in [4.78, 5) is 12.6. The average Bonchev–Trinajstić information content (AvgIpc) is 3.17. The van der Waals surface area contributed by atoms with E-state index in [4.69, 9.17) is 28.4 Å². The van der Waals surface area contributed by atoms with E-state index in [1.807, 2.05) is 0 Å². The number of rotatable bonds is 11. The number of phenols is 1. The van der Waals surface area contributed by atoms with Gasteiger partial charge in [0.1, 0.15) is 61.0 Å². The Morgan fingerprint density at radius 2 is 1.47 bits per heavy atom. The molecule has 0 spiro atoms. The van der Waals surface area contributed by atoms with E-state index < -0.39 is 93.4 Å². The third-order valence-electron chi connectivity index (χ3n) is 6.61. The van der Waals surface area contributed by atoms with Crippen molar-refractivity contribution >= 4 is 5.97 Å². The van der Waals surface area contributed by atoms with Crippen molar-refractivity contribution < 1.29 is 74.1 Å². The fourth-order valence-electron chi connectivity index (χ4n) is 4.30. The zero-order chi connectivity index (χ0) is 28.2. The molecular formula is C23H34O15. The lowest BCUT2D eigenvalue weighted by Gasteiger charge is -2.40. The first kappa shape index (κ1) is 30.2. The van der Waals surface area contributed by atoms with Crippen molar-refractivity contribution in [3.8, 4) is 17.2 Å². The Bertz CT molecular complexity index is 918. The minimum Gasteiger partial charge on any atom is -0.502 e. The van der Waals surface area contributed by atoms with Gasteiger partial charge in [0.15, 0.2) is 11.5 Å². The lowest BCUT2D eigenvalue weighted by atomic mass is 9.95. The highest BCUT2D eigenvalue weighted by Crippen LogP contribution is 2.37. The number of carbonyl (C=O) groups excluding carboxylic acids is 1. The SMILES string of the molecule is COc1cc(C(=O)OC[C@H]2O[C@H](COC[C@]3(CO)O[C@H](CO)[C@@H](O)[C@@H]3O)[C@H](O)[C@@H](O)[C@@H]2O)cc(OC)c1O. The second-order valence-electron chi connectivity index (χ2n) is 9.02. The number of aliphatic hydroxyl groups excluding tert-OH is 7. The standard InChI is InChI=1S/C23H34O15/c1-33-11-3-10(4-12(34-2)16(11)26)22(32)36-7-15-18(28)20(30)17(27)14(37-15)6-35-9-23(8-25)21(31)19(29)13(5-24)38-23/h3-4,13-15,17-21,24-31H,5-9H2,1-2H3/t13-,14-,15-,17+,18-,19-,20-,21+,23+/m1/s1. The van der Waals surface area contributed by atoms with Crippen LogP contribution in [0.2, 0.25) is 0 Å². The monoisotopic (exact) mass is 550 g/mol. The highest BCUT2D eigenvalue weighted by molar-refractivity contribution is 5.91. The van der Waals surface area contributed by atoms with E-state index in [-0.39, 0.29) is 22.8 Å². The van der Waals surface area contributed by atoms with Crippen LogP contribution in [0.4, 0.5) is 0 Å². The van der Waals surface area contributed by atoms with Gasteiger partial charge in [0.2, 0.25) is 5.75 Å². The van der Waals surface area contributed by atoms with Crippen molar-refractivity contribution in [2.45, 2.75) is 54.4 Å². The molecular weight excluding hydrogens is 516 g/mol. The predicted molar refractivity (Wildman–Crippen MR) is 123 cm³/mol. The van der Waals surface area contributed by atoms with Crippen LogP contribution in [0.25, 0.3) is 0 Å². The van der Waals surface area contributed by atoms with Gasteiger partial charge in [0, 0.05) is 0 Å². The topological polar surface area (TPSA) is 234 Å². The zero-order valence-electron chi connectivity index (χ0n) is 20.7. The first-order valence-corrected chi connectivity index (χ1v) is 11.7. The van der Waals surface area contributed by atoms with Gasteiger partial charge in [-0.25, -0.2) is 4.79 Å². The summed E-state index contributed by atoms with van der Waals surface area (Å²) in [6, 6.07) is 2.42. The molecule has 2 saturated heterocycles. The normalized spacial score (nSPS) is 35.2. The Morgan fingerprint density at radius 3 is 1.97 bits per heavy atom. The summed E-state index contributed by atoms with van der Waals surface area (Å²) in [5.41, 5.74) is -1.80. The van der Waals surface area contributed by atoms with Gasteiger partial charge in [-0.3, -0.25) is 0 Å². The molecule has 0 bridgehead atoms. The molecule has 2 heterocycles. The molecule has 1 aromatic rings. The Balaban J connectivity index is 1.62. The van der Waals surface area contributed by atoms with Gasteiger partial charge < -0.3 is 69.3 Å². The van der Waals surface area contributed by atoms with Gasteiger partial charge in [-0.1, -0.05) is 0 Å². The smallest absolute Gasteiger partial charge is 0.338 e. The third-order valence-corrected chi connectivity index (χ3v) is 6.61. The number of phenolic OH excluding ortho intramolecular Hbond substituents is 1. The molecule has 15 heteroatoms. The Morgan fingerprint density at radius 1 is 0.895 bits per heavy atom. The van der Waals surface area contributed by atoms with Crippen molar-refractivity contribution in [2.24, 2.45) is 0 Å². The minimum atomic E-state index is -1.76. The van der Waals surface area contributed by atoms with Crippen LogP contribution < -0.4 is 9.47 Å². The van der Waals surface area contributed by atoms with Gasteiger partial charge in [-0.05, 0) is 12.1 Å². The van der Waals surface area contributed by atoms with E-state index in [1.54, 1.807) is 0 Å². The van der Waals surface area contributed by atoms with Gasteiger partial charge in [-0.2, -0.15) is 0 Å². The fourth-order valence-corrected chi connectivity index (χ4v) is 4.30. The average molecular weight is 551 g/mol. The molecule has 3 rings (SSSR count). The van der Waals surface area contributed by atoms with E-state index >= 15 is 0 Å². The molecule has 2 aliphatic rings. The number of hydrogen-bond donors (Lipinski definition) is 8. The number of esters is 1. The molecule has 0 saturated carbocycles. The zero-order valence-corrected chi connectivity index (χ0v) is 20.7. The van der Waals surface area contributed by atoms with Crippen LogP contribution in [0, 0.1) is 0 Å². The number of aliphatic hydroxyl groups is 7. The molecule has 0 amide bonds. The number of ether oxygens (including phenoxy) is 6. The van der Waals surface area contributed by atoms with Crippen LogP contribution in [0.15, 0.2) is 12.1 Å². The lowest BCUT2D eigenvalue weighted by molar-refractivity contribution is -0.244. The number of benzene rings is 1. The molecule has 2 fully saturated rings. The molecule has 38 heavy (non-hydrogen) atoms. The number of aromatic hydroxyl groups is 1. The molecule has 216 valence electrons. The lowest BCUT2D eigenvalue weighted by Crippen LogP contribution is -2.60. The molecule has 2 aliphatic heterocycles. The van der Waals surface area contributed by atoms with Crippen molar-refractivity contribution in [2.75, 3.05) is 47.3 Å². The quantitative estimate of drug-likeness (QED) is 0.124. The maximum atomic E-state index is 12.6. The molecule has 0 radical (unpaired) electrons. The van der Waals surface area contributed by atoms with E-state index in [1.165, 1.54) is 26.4 Å². The number of carbonyl (C=O) groups is 1. The van der Waals surface area contributed by atoms with Gasteiger partial charge >= 0.3 is 5.97 Å². The second kappa shape index (κ2) is 12.7. The minimum absolute atomic E-state index is 0.0455. The molecule has 9 atom stereocenters.